The van der Waals surface area contributed by atoms with E-state index in [9.17, 15) is 4.79 Å². The number of hydrogen-bond donors (Lipinski definition) is 2. The second-order valence-corrected chi connectivity index (χ2v) is 2.81. The van der Waals surface area contributed by atoms with Crippen molar-refractivity contribution < 1.29 is 9.90 Å². The summed E-state index contributed by atoms with van der Waals surface area (Å²) in [5.74, 6) is -0.105. The summed E-state index contributed by atoms with van der Waals surface area (Å²) in [5, 5.41) is 10.9. The molecule has 4 nitrogen and oxygen atoms in total. The predicted octanol–water partition coefficient (Wildman–Crippen LogP) is 2.64. The predicted molar refractivity (Wildman–Crippen MR) is 77.3 cm³/mol. The maximum atomic E-state index is 10.2. The number of aromatic nitrogens is 1. The van der Waals surface area contributed by atoms with Gasteiger partial charge in [0.15, 0.2) is 0 Å². The lowest BCUT2D eigenvalue weighted by molar-refractivity contribution is -0.119. The van der Waals surface area contributed by atoms with Crippen molar-refractivity contribution in [3.05, 3.63) is 30.6 Å². The fourth-order valence-electron chi connectivity index (χ4n) is 0.705. The van der Waals surface area contributed by atoms with E-state index in [4.69, 9.17) is 5.11 Å². The fourth-order valence-corrected chi connectivity index (χ4v) is 0.705. The molecule has 0 unspecified atom stereocenters. The number of carbonyl (C=O) groups excluding carboxylic acids is 1. The van der Waals surface area contributed by atoms with Crippen molar-refractivity contribution in [1.82, 2.24) is 10.3 Å². The highest BCUT2D eigenvalue weighted by Crippen LogP contribution is 1.75. The Morgan fingerprint density at radius 2 is 1.61 bits per heavy atom. The summed E-state index contributed by atoms with van der Waals surface area (Å²) in [4.78, 5) is 14.0. The van der Waals surface area contributed by atoms with Gasteiger partial charge in [-0.15, -0.1) is 0 Å². The Bertz CT molecular complexity index is 214. The molecule has 4 heteroatoms. The van der Waals surface area contributed by atoms with Gasteiger partial charge in [0.05, 0.1) is 6.61 Å². The van der Waals surface area contributed by atoms with Crippen molar-refractivity contribution in [3.8, 4) is 0 Å². The summed E-state index contributed by atoms with van der Waals surface area (Å²) in [7, 11) is 0. The average Bonchev–Trinajstić information content (AvgIpc) is 2.45. The van der Waals surface area contributed by atoms with E-state index >= 15 is 0 Å². The summed E-state index contributed by atoms with van der Waals surface area (Å²) in [5.41, 5.74) is 0. The molecule has 0 saturated heterocycles. The zero-order valence-electron chi connectivity index (χ0n) is 12.5. The van der Waals surface area contributed by atoms with Crippen molar-refractivity contribution in [1.29, 1.82) is 0 Å². The molecule has 0 spiro atoms. The Hall–Kier alpha value is -1.42. The molecule has 0 saturated carbocycles. The van der Waals surface area contributed by atoms with E-state index in [1.807, 2.05) is 45.9 Å². The lowest BCUT2D eigenvalue weighted by Crippen LogP contribution is -2.32. The Morgan fingerprint density at radius 1 is 1.17 bits per heavy atom. The van der Waals surface area contributed by atoms with Crippen LogP contribution in [0.4, 0.5) is 0 Å². The molecule has 0 bridgehead atoms. The van der Waals surface area contributed by atoms with E-state index in [-0.39, 0.29) is 18.6 Å². The minimum atomic E-state index is -0.118. The van der Waals surface area contributed by atoms with Gasteiger partial charge in [-0.1, -0.05) is 33.8 Å². The second kappa shape index (κ2) is 20.9. The number of pyridine rings is 1. The summed E-state index contributed by atoms with van der Waals surface area (Å²) in [6, 6.07) is 5.60. The average molecular weight is 256 g/mol. The van der Waals surface area contributed by atoms with Crippen molar-refractivity contribution in [2.24, 2.45) is 0 Å². The van der Waals surface area contributed by atoms with Crippen molar-refractivity contribution in [2.45, 2.75) is 47.6 Å². The molecule has 1 aromatic rings. The first kappa shape index (κ1) is 21.8. The van der Waals surface area contributed by atoms with E-state index in [0.717, 1.165) is 0 Å². The number of nitrogens with one attached hydrogen (secondary N) is 1. The maximum Gasteiger partial charge on any atom is 0.217 e. The summed E-state index contributed by atoms with van der Waals surface area (Å²) in [6.07, 6.45) is 3.50. The molecule has 1 atom stereocenters. The van der Waals surface area contributed by atoms with Gasteiger partial charge < -0.3 is 10.4 Å². The van der Waals surface area contributed by atoms with E-state index in [1.165, 1.54) is 6.92 Å². The molecule has 1 amide bonds. The molecule has 0 aromatic carbocycles. The molecule has 1 heterocycles. The van der Waals surface area contributed by atoms with Crippen LogP contribution >= 0.6 is 0 Å². The lowest BCUT2D eigenvalue weighted by atomic mass is 10.4. The number of aliphatic hydroxyl groups excluding tert-OH is 1. The van der Waals surface area contributed by atoms with Gasteiger partial charge >= 0.3 is 0 Å². The van der Waals surface area contributed by atoms with Gasteiger partial charge in [0.25, 0.3) is 0 Å². The topological polar surface area (TPSA) is 62.2 Å². The van der Waals surface area contributed by atoms with Gasteiger partial charge in [0.1, 0.15) is 0 Å². The normalized spacial score (nSPS) is 9.06. The molecule has 0 aliphatic rings. The van der Waals surface area contributed by atoms with Gasteiger partial charge in [-0.05, 0) is 19.1 Å². The van der Waals surface area contributed by atoms with Crippen LogP contribution in [-0.2, 0) is 4.79 Å². The minimum absolute atomic E-state index is 0.000417. The number of carbonyl (C=O) groups is 1. The van der Waals surface area contributed by atoms with Gasteiger partial charge in [-0.25, -0.2) is 0 Å². The Morgan fingerprint density at radius 3 is 1.72 bits per heavy atom. The Labute approximate surface area is 111 Å². The van der Waals surface area contributed by atoms with Crippen molar-refractivity contribution in [2.75, 3.05) is 6.61 Å². The van der Waals surface area contributed by atoms with Crippen LogP contribution in [0.3, 0.4) is 0 Å². The molecule has 0 radical (unpaired) electrons. The van der Waals surface area contributed by atoms with Crippen molar-refractivity contribution >= 4 is 5.91 Å². The molecule has 1 rings (SSSR count). The largest absolute Gasteiger partial charge is 0.394 e. The minimum Gasteiger partial charge on any atom is -0.394 e. The summed E-state index contributed by atoms with van der Waals surface area (Å²) < 4.78 is 0. The highest BCUT2D eigenvalue weighted by atomic mass is 16.3. The highest BCUT2D eigenvalue weighted by Gasteiger charge is 1.97. The molecule has 2 N–H and O–H groups in total. The van der Waals surface area contributed by atoms with Crippen LogP contribution in [0.5, 0.6) is 0 Å². The second-order valence-electron chi connectivity index (χ2n) is 2.81. The number of hydrogen-bond acceptors (Lipinski definition) is 3. The first-order chi connectivity index (χ1) is 8.66. The molecule has 18 heavy (non-hydrogen) atoms. The number of amides is 1. The maximum absolute atomic E-state index is 10.2. The van der Waals surface area contributed by atoms with Gasteiger partial charge in [0.2, 0.25) is 5.91 Å². The summed E-state index contributed by atoms with van der Waals surface area (Å²) >= 11 is 0. The highest BCUT2D eigenvalue weighted by molar-refractivity contribution is 5.73. The van der Waals surface area contributed by atoms with E-state index in [1.54, 1.807) is 19.3 Å². The zero-order chi connectivity index (χ0) is 14.8. The van der Waals surface area contributed by atoms with E-state index < -0.39 is 0 Å². The number of nitrogens with zero attached hydrogens (tertiary/aromatic N) is 1. The van der Waals surface area contributed by atoms with Crippen LogP contribution in [0.1, 0.15) is 41.5 Å². The van der Waals surface area contributed by atoms with E-state index in [0.29, 0.717) is 0 Å². The van der Waals surface area contributed by atoms with Crippen LogP contribution in [0.2, 0.25) is 0 Å². The first-order valence-electron chi connectivity index (χ1n) is 6.39. The molecular formula is C14H28N2O2. The zero-order valence-corrected chi connectivity index (χ0v) is 12.5. The standard InChI is InChI=1S/C5H11NO2.C5H5N.2C2H6/c1-4(3-7)6-5(2)8;1-2-4-6-5-3-1;2*1-2/h4,7H,3H2,1-2H3,(H,6,8);1-5H;2*1-2H3/t4-;;;/m1.../s1. The van der Waals surface area contributed by atoms with Gasteiger partial charge in [0, 0.05) is 25.4 Å². The van der Waals surface area contributed by atoms with Crippen LogP contribution < -0.4 is 5.32 Å². The third-order valence-electron chi connectivity index (χ3n) is 1.29. The molecular weight excluding hydrogens is 228 g/mol. The monoisotopic (exact) mass is 256 g/mol. The van der Waals surface area contributed by atoms with Crippen LogP contribution in [-0.4, -0.2) is 28.6 Å². The first-order valence-corrected chi connectivity index (χ1v) is 6.39. The van der Waals surface area contributed by atoms with Gasteiger partial charge in [-0.3, -0.25) is 9.78 Å². The van der Waals surface area contributed by atoms with Crippen LogP contribution in [0.25, 0.3) is 0 Å². The van der Waals surface area contributed by atoms with Crippen LogP contribution in [0, 0.1) is 0 Å². The number of rotatable bonds is 2. The summed E-state index contributed by atoms with van der Waals surface area (Å²) in [6.45, 7) is 11.2. The lowest BCUT2D eigenvalue weighted by Gasteiger charge is -2.06. The molecule has 0 aliphatic carbocycles. The Balaban J connectivity index is -0.000000199. The van der Waals surface area contributed by atoms with Gasteiger partial charge in [-0.2, -0.15) is 0 Å². The smallest absolute Gasteiger partial charge is 0.217 e. The SMILES string of the molecule is CC.CC.CC(=O)N[C@H](C)CO.c1ccncc1. The third-order valence-corrected chi connectivity index (χ3v) is 1.29. The Kier molecular flexibility index (Phi) is 25.4. The molecule has 106 valence electrons. The molecule has 1 aromatic heterocycles. The van der Waals surface area contributed by atoms with E-state index in [2.05, 4.69) is 10.3 Å². The molecule has 0 fully saturated rings. The van der Waals surface area contributed by atoms with Crippen LogP contribution in [0.15, 0.2) is 30.6 Å². The third kappa shape index (κ3) is 24.0. The fraction of sp³-hybridized carbons (Fsp3) is 0.571. The quantitative estimate of drug-likeness (QED) is 0.855. The van der Waals surface area contributed by atoms with Crippen molar-refractivity contribution in [3.63, 3.8) is 0 Å². The molecule has 0 aliphatic heterocycles. The number of aliphatic hydroxyl groups is 1.